The van der Waals surface area contributed by atoms with Crippen molar-refractivity contribution in [2.75, 3.05) is 5.75 Å². The van der Waals surface area contributed by atoms with E-state index in [1.165, 1.54) is 4.90 Å². The molecule has 0 saturated carbocycles. The first kappa shape index (κ1) is 16.3. The van der Waals surface area contributed by atoms with Gasteiger partial charge in [0.15, 0.2) is 0 Å². The summed E-state index contributed by atoms with van der Waals surface area (Å²) in [6.45, 7) is 6.04. The fourth-order valence-corrected chi connectivity index (χ4v) is 3.84. The molecule has 0 aromatic heterocycles. The Hall–Kier alpha value is -0.750. The number of carbonyl (C=O) groups excluding carboxylic acids is 1. The molecule has 110 valence electrons. The fourth-order valence-electron chi connectivity index (χ4n) is 2.32. The fraction of sp³-hybridized carbons (Fsp3) is 0.846. The van der Waals surface area contributed by atoms with Crippen molar-refractivity contribution in [1.82, 2.24) is 4.90 Å². The molecule has 6 heteroatoms. The number of nitrogens with two attached hydrogens (primary N) is 1. The molecule has 0 spiro atoms. The maximum Gasteiger partial charge on any atom is 0.327 e. The molecule has 19 heavy (non-hydrogen) atoms. The third-order valence-corrected chi connectivity index (χ3v) is 4.57. The Kier molecular flexibility index (Phi) is 6.13. The molecular formula is C13H24N2O3S. The van der Waals surface area contributed by atoms with Gasteiger partial charge in [0.25, 0.3) is 0 Å². The van der Waals surface area contributed by atoms with Crippen LogP contribution < -0.4 is 5.73 Å². The second kappa shape index (κ2) is 7.14. The lowest BCUT2D eigenvalue weighted by atomic mass is 10.0. The summed E-state index contributed by atoms with van der Waals surface area (Å²) >= 11 is 1.54. The molecule has 1 saturated heterocycles. The third-order valence-electron chi connectivity index (χ3n) is 3.21. The number of hydrogen-bond donors (Lipinski definition) is 2. The van der Waals surface area contributed by atoms with Crippen molar-refractivity contribution in [3.8, 4) is 0 Å². The summed E-state index contributed by atoms with van der Waals surface area (Å²) in [7, 11) is 0. The molecule has 1 fully saturated rings. The second-order valence-corrected chi connectivity index (χ2v) is 6.62. The van der Waals surface area contributed by atoms with Gasteiger partial charge in [0.05, 0.1) is 11.4 Å². The minimum Gasteiger partial charge on any atom is -0.480 e. The van der Waals surface area contributed by atoms with Gasteiger partial charge in [-0.1, -0.05) is 27.2 Å². The Labute approximate surface area is 118 Å². The number of nitrogens with zero attached hydrogens (tertiary/aromatic N) is 1. The van der Waals surface area contributed by atoms with Gasteiger partial charge in [-0.15, -0.1) is 11.8 Å². The van der Waals surface area contributed by atoms with E-state index in [4.69, 9.17) is 5.73 Å². The number of aliphatic carboxylic acids is 1. The molecule has 1 heterocycles. The molecule has 0 aromatic rings. The van der Waals surface area contributed by atoms with Gasteiger partial charge in [-0.05, 0) is 18.8 Å². The molecule has 0 radical (unpaired) electrons. The van der Waals surface area contributed by atoms with Gasteiger partial charge in [-0.2, -0.15) is 0 Å². The normalized spacial score (nSPS) is 24.8. The Morgan fingerprint density at radius 1 is 1.47 bits per heavy atom. The van der Waals surface area contributed by atoms with Crippen molar-refractivity contribution < 1.29 is 14.7 Å². The number of carboxylic acids is 1. The van der Waals surface area contributed by atoms with Crippen LogP contribution in [0.4, 0.5) is 0 Å². The summed E-state index contributed by atoms with van der Waals surface area (Å²) in [5, 5.41) is 9.19. The Bertz CT molecular complexity index is 336. The van der Waals surface area contributed by atoms with E-state index in [2.05, 4.69) is 0 Å². The van der Waals surface area contributed by atoms with Crippen LogP contribution in [0.15, 0.2) is 0 Å². The van der Waals surface area contributed by atoms with E-state index in [1.807, 2.05) is 20.8 Å². The van der Waals surface area contributed by atoms with Gasteiger partial charge in [0.1, 0.15) is 6.04 Å². The summed E-state index contributed by atoms with van der Waals surface area (Å²) < 4.78 is 0. The van der Waals surface area contributed by atoms with Crippen LogP contribution in [0.1, 0.15) is 40.0 Å². The largest absolute Gasteiger partial charge is 0.480 e. The van der Waals surface area contributed by atoms with E-state index >= 15 is 0 Å². The molecule has 3 N–H and O–H groups in total. The van der Waals surface area contributed by atoms with Gasteiger partial charge in [0.2, 0.25) is 5.91 Å². The number of carbonyl (C=O) groups is 2. The van der Waals surface area contributed by atoms with Crippen molar-refractivity contribution in [2.45, 2.75) is 57.5 Å². The van der Waals surface area contributed by atoms with Gasteiger partial charge in [0, 0.05) is 5.75 Å². The van der Waals surface area contributed by atoms with E-state index in [0.29, 0.717) is 18.1 Å². The topological polar surface area (TPSA) is 83.6 Å². The van der Waals surface area contributed by atoms with Crippen LogP contribution in [0.3, 0.4) is 0 Å². The Morgan fingerprint density at radius 2 is 2.11 bits per heavy atom. The molecule has 1 amide bonds. The molecular weight excluding hydrogens is 264 g/mol. The van der Waals surface area contributed by atoms with Crippen molar-refractivity contribution >= 4 is 23.6 Å². The quantitative estimate of drug-likeness (QED) is 0.774. The lowest BCUT2D eigenvalue weighted by Gasteiger charge is -2.30. The molecule has 0 aromatic carbocycles. The van der Waals surface area contributed by atoms with Crippen LogP contribution in [0.5, 0.6) is 0 Å². The predicted molar refractivity (Wildman–Crippen MR) is 76.9 cm³/mol. The Balaban J connectivity index is 2.82. The molecule has 5 nitrogen and oxygen atoms in total. The molecule has 2 unspecified atom stereocenters. The van der Waals surface area contributed by atoms with E-state index in [-0.39, 0.29) is 11.3 Å². The highest BCUT2D eigenvalue weighted by molar-refractivity contribution is 8.00. The van der Waals surface area contributed by atoms with Crippen LogP contribution >= 0.6 is 11.8 Å². The zero-order valence-corrected chi connectivity index (χ0v) is 12.7. The number of amides is 1. The van der Waals surface area contributed by atoms with Crippen LogP contribution in [0.2, 0.25) is 0 Å². The highest BCUT2D eigenvalue weighted by atomic mass is 32.2. The van der Waals surface area contributed by atoms with Gasteiger partial charge >= 0.3 is 5.97 Å². The first-order valence-electron chi connectivity index (χ1n) is 6.80. The molecule has 0 aliphatic carbocycles. The zero-order chi connectivity index (χ0) is 14.6. The Morgan fingerprint density at radius 3 is 2.58 bits per heavy atom. The van der Waals surface area contributed by atoms with Gasteiger partial charge < -0.3 is 15.7 Å². The minimum absolute atomic E-state index is 0.0446. The molecule has 1 rings (SSSR count). The van der Waals surface area contributed by atoms with Crippen LogP contribution in [-0.4, -0.2) is 45.1 Å². The zero-order valence-electron chi connectivity index (χ0n) is 11.8. The monoisotopic (exact) mass is 288 g/mol. The van der Waals surface area contributed by atoms with Crippen molar-refractivity contribution in [1.29, 1.82) is 0 Å². The standard InChI is InChI=1S/C13H24N2O3S/c1-4-5-11-15(10(7-19-11)13(17)18)12(16)9(14)6-8(2)3/h8-11H,4-7,14H2,1-3H3,(H,17,18)/t9-,10?,11?/m0/s1. The van der Waals surface area contributed by atoms with Gasteiger partial charge in [-0.25, -0.2) is 4.79 Å². The van der Waals surface area contributed by atoms with E-state index in [0.717, 1.165) is 12.8 Å². The number of carboxylic acid groups (broad SMARTS) is 1. The lowest BCUT2D eigenvalue weighted by molar-refractivity contribution is -0.149. The smallest absolute Gasteiger partial charge is 0.327 e. The van der Waals surface area contributed by atoms with Crippen molar-refractivity contribution in [3.05, 3.63) is 0 Å². The summed E-state index contributed by atoms with van der Waals surface area (Å²) in [6.07, 6.45) is 2.33. The SMILES string of the molecule is CCCC1SCC(C(=O)O)N1C(=O)[C@@H](N)CC(C)C. The summed E-state index contributed by atoms with van der Waals surface area (Å²) in [5.41, 5.74) is 5.93. The average molecular weight is 288 g/mol. The van der Waals surface area contributed by atoms with Crippen LogP contribution in [0.25, 0.3) is 0 Å². The van der Waals surface area contributed by atoms with E-state index in [1.54, 1.807) is 11.8 Å². The van der Waals surface area contributed by atoms with Gasteiger partial charge in [-0.3, -0.25) is 4.79 Å². The van der Waals surface area contributed by atoms with E-state index < -0.39 is 18.1 Å². The van der Waals surface area contributed by atoms with Crippen molar-refractivity contribution in [3.63, 3.8) is 0 Å². The summed E-state index contributed by atoms with van der Waals surface area (Å²) in [5.74, 6) is -0.372. The van der Waals surface area contributed by atoms with Crippen LogP contribution in [-0.2, 0) is 9.59 Å². The number of thioether (sulfide) groups is 1. The predicted octanol–water partition coefficient (Wildman–Crippen LogP) is 1.51. The molecule has 0 bridgehead atoms. The maximum atomic E-state index is 12.4. The lowest BCUT2D eigenvalue weighted by Crippen LogP contribution is -2.52. The molecule has 1 aliphatic heterocycles. The molecule has 3 atom stereocenters. The average Bonchev–Trinajstić information content (AvgIpc) is 2.71. The first-order chi connectivity index (χ1) is 8.88. The number of rotatable bonds is 6. The maximum absolute atomic E-state index is 12.4. The van der Waals surface area contributed by atoms with E-state index in [9.17, 15) is 14.7 Å². The highest BCUT2D eigenvalue weighted by Crippen LogP contribution is 2.33. The summed E-state index contributed by atoms with van der Waals surface area (Å²) in [6, 6.07) is -1.33. The minimum atomic E-state index is -0.934. The first-order valence-corrected chi connectivity index (χ1v) is 7.85. The number of hydrogen-bond acceptors (Lipinski definition) is 4. The molecule has 1 aliphatic rings. The van der Waals surface area contributed by atoms with Crippen molar-refractivity contribution in [2.24, 2.45) is 11.7 Å². The third kappa shape index (κ3) is 4.11. The second-order valence-electron chi connectivity index (χ2n) is 5.41. The summed E-state index contributed by atoms with van der Waals surface area (Å²) in [4.78, 5) is 25.2. The highest BCUT2D eigenvalue weighted by Gasteiger charge is 2.42. The van der Waals surface area contributed by atoms with Crippen LogP contribution in [0, 0.1) is 5.92 Å².